The lowest BCUT2D eigenvalue weighted by atomic mass is 9.64. The molecular formula is C11H20O2. The van der Waals surface area contributed by atoms with E-state index < -0.39 is 5.97 Å². The molecule has 1 fully saturated rings. The van der Waals surface area contributed by atoms with Gasteiger partial charge in [-0.05, 0) is 30.1 Å². The molecule has 0 saturated heterocycles. The van der Waals surface area contributed by atoms with Gasteiger partial charge in [0.1, 0.15) is 0 Å². The van der Waals surface area contributed by atoms with Crippen LogP contribution in [0.5, 0.6) is 0 Å². The van der Waals surface area contributed by atoms with Crippen LogP contribution in [-0.2, 0) is 4.79 Å². The number of hydrogen-bond donors (Lipinski definition) is 1. The highest BCUT2D eigenvalue weighted by Gasteiger charge is 2.40. The molecule has 0 radical (unpaired) electrons. The second kappa shape index (κ2) is 3.69. The zero-order chi connectivity index (χ0) is 10.2. The van der Waals surface area contributed by atoms with Gasteiger partial charge in [0.15, 0.2) is 0 Å². The average Bonchev–Trinajstić information content (AvgIpc) is 1.99. The molecule has 2 nitrogen and oxygen atoms in total. The summed E-state index contributed by atoms with van der Waals surface area (Å²) in [6.07, 6.45) is 1.06. The third-order valence-electron chi connectivity index (χ3n) is 3.94. The van der Waals surface area contributed by atoms with Crippen LogP contribution in [-0.4, -0.2) is 11.1 Å². The largest absolute Gasteiger partial charge is 0.481 e. The number of carbonyl (C=O) groups is 1. The summed E-state index contributed by atoms with van der Waals surface area (Å²) in [4.78, 5) is 11.0. The van der Waals surface area contributed by atoms with E-state index >= 15 is 0 Å². The van der Waals surface area contributed by atoms with Gasteiger partial charge >= 0.3 is 5.97 Å². The maximum atomic E-state index is 11.0. The van der Waals surface area contributed by atoms with Crippen LogP contribution in [0.15, 0.2) is 0 Å². The van der Waals surface area contributed by atoms with Crippen molar-refractivity contribution in [2.24, 2.45) is 29.6 Å². The van der Waals surface area contributed by atoms with E-state index in [0.717, 1.165) is 6.42 Å². The van der Waals surface area contributed by atoms with Crippen LogP contribution in [0.25, 0.3) is 0 Å². The van der Waals surface area contributed by atoms with E-state index in [1.807, 2.05) is 0 Å². The smallest absolute Gasteiger partial charge is 0.307 e. The van der Waals surface area contributed by atoms with Gasteiger partial charge < -0.3 is 5.11 Å². The van der Waals surface area contributed by atoms with Gasteiger partial charge in [-0.3, -0.25) is 4.79 Å². The first-order chi connectivity index (χ1) is 5.95. The molecule has 1 aliphatic carbocycles. The van der Waals surface area contributed by atoms with Gasteiger partial charge in [0.05, 0.1) is 5.92 Å². The van der Waals surface area contributed by atoms with Gasteiger partial charge in [-0.1, -0.05) is 27.7 Å². The Morgan fingerprint density at radius 2 is 1.62 bits per heavy atom. The van der Waals surface area contributed by atoms with Gasteiger partial charge in [0, 0.05) is 0 Å². The predicted octanol–water partition coefficient (Wildman–Crippen LogP) is 2.64. The van der Waals surface area contributed by atoms with E-state index in [1.54, 1.807) is 0 Å². The molecule has 5 atom stereocenters. The molecule has 0 spiro atoms. The van der Waals surface area contributed by atoms with Crippen LogP contribution in [0.1, 0.15) is 34.1 Å². The lowest BCUT2D eigenvalue weighted by Crippen LogP contribution is -2.39. The summed E-state index contributed by atoms with van der Waals surface area (Å²) in [5.41, 5.74) is 0. The van der Waals surface area contributed by atoms with E-state index in [9.17, 15) is 4.79 Å². The first-order valence-corrected chi connectivity index (χ1v) is 5.18. The number of carboxylic acid groups (broad SMARTS) is 1. The molecule has 0 amide bonds. The predicted molar refractivity (Wildman–Crippen MR) is 52.4 cm³/mol. The first kappa shape index (κ1) is 10.6. The van der Waals surface area contributed by atoms with Crippen molar-refractivity contribution < 1.29 is 9.90 Å². The van der Waals surface area contributed by atoms with Gasteiger partial charge in [-0.2, -0.15) is 0 Å². The van der Waals surface area contributed by atoms with Crippen molar-refractivity contribution in [1.29, 1.82) is 0 Å². The van der Waals surface area contributed by atoms with Crippen molar-refractivity contribution in [3.05, 3.63) is 0 Å². The molecule has 1 aliphatic rings. The van der Waals surface area contributed by atoms with E-state index in [-0.39, 0.29) is 5.92 Å². The highest BCUT2D eigenvalue weighted by atomic mass is 16.4. The fourth-order valence-electron chi connectivity index (χ4n) is 2.78. The number of hydrogen-bond acceptors (Lipinski definition) is 1. The Hall–Kier alpha value is -0.530. The van der Waals surface area contributed by atoms with Crippen molar-refractivity contribution in [1.82, 2.24) is 0 Å². The van der Waals surface area contributed by atoms with Crippen LogP contribution in [0.4, 0.5) is 0 Å². The molecule has 0 aromatic rings. The summed E-state index contributed by atoms with van der Waals surface area (Å²) in [6.45, 7) is 8.56. The van der Waals surface area contributed by atoms with Crippen LogP contribution >= 0.6 is 0 Å². The summed E-state index contributed by atoms with van der Waals surface area (Å²) in [5.74, 6) is 1.11. The van der Waals surface area contributed by atoms with E-state index in [1.165, 1.54) is 0 Å². The lowest BCUT2D eigenvalue weighted by molar-refractivity contribution is -0.149. The maximum Gasteiger partial charge on any atom is 0.307 e. The minimum atomic E-state index is -0.612. The maximum absolute atomic E-state index is 11.0. The molecule has 1 saturated carbocycles. The quantitative estimate of drug-likeness (QED) is 0.680. The minimum Gasteiger partial charge on any atom is -0.481 e. The number of carboxylic acids is 1. The molecule has 5 unspecified atom stereocenters. The Balaban J connectivity index is 2.79. The Labute approximate surface area is 80.3 Å². The molecule has 2 heteroatoms. The molecular weight excluding hydrogens is 164 g/mol. The van der Waals surface area contributed by atoms with Gasteiger partial charge in [0.25, 0.3) is 0 Å². The minimum absolute atomic E-state index is 0.133. The topological polar surface area (TPSA) is 37.3 Å². The summed E-state index contributed by atoms with van der Waals surface area (Å²) in [6, 6.07) is 0. The van der Waals surface area contributed by atoms with Crippen molar-refractivity contribution in [2.75, 3.05) is 0 Å². The monoisotopic (exact) mass is 184 g/mol. The van der Waals surface area contributed by atoms with Gasteiger partial charge in [-0.15, -0.1) is 0 Å². The van der Waals surface area contributed by atoms with Crippen LogP contribution in [0, 0.1) is 29.6 Å². The standard InChI is InChI=1S/C11H20O2/c1-6-5-7(2)10(11(12)13)9(4)8(6)3/h6-10H,5H2,1-4H3,(H,12,13). The van der Waals surface area contributed by atoms with Crippen molar-refractivity contribution >= 4 is 5.97 Å². The molecule has 76 valence electrons. The third kappa shape index (κ3) is 1.87. The molecule has 0 bridgehead atoms. The van der Waals surface area contributed by atoms with Crippen molar-refractivity contribution in [3.63, 3.8) is 0 Å². The second-order valence-corrected chi connectivity index (χ2v) is 4.77. The normalized spacial score (nSPS) is 46.0. The van der Waals surface area contributed by atoms with Crippen LogP contribution in [0.3, 0.4) is 0 Å². The Bertz CT molecular complexity index is 200. The number of aliphatic carboxylic acids is 1. The molecule has 1 N–H and O–H groups in total. The fourth-order valence-corrected chi connectivity index (χ4v) is 2.78. The molecule has 13 heavy (non-hydrogen) atoms. The van der Waals surface area contributed by atoms with Gasteiger partial charge in [0.2, 0.25) is 0 Å². The zero-order valence-corrected chi connectivity index (χ0v) is 8.95. The molecule has 0 aromatic heterocycles. The fraction of sp³-hybridized carbons (Fsp3) is 0.909. The van der Waals surface area contributed by atoms with Crippen molar-refractivity contribution in [2.45, 2.75) is 34.1 Å². The summed E-state index contributed by atoms with van der Waals surface area (Å²) < 4.78 is 0. The zero-order valence-electron chi connectivity index (χ0n) is 8.95. The molecule has 1 rings (SSSR count). The highest BCUT2D eigenvalue weighted by molar-refractivity contribution is 5.70. The summed E-state index contributed by atoms with van der Waals surface area (Å²) in [5, 5.41) is 9.08. The first-order valence-electron chi connectivity index (χ1n) is 5.18. The average molecular weight is 184 g/mol. The summed E-state index contributed by atoms with van der Waals surface area (Å²) in [7, 11) is 0. The third-order valence-corrected chi connectivity index (χ3v) is 3.94. The van der Waals surface area contributed by atoms with Crippen LogP contribution < -0.4 is 0 Å². The Morgan fingerprint density at radius 1 is 1.08 bits per heavy atom. The molecule has 0 heterocycles. The summed E-state index contributed by atoms with van der Waals surface area (Å²) >= 11 is 0. The van der Waals surface area contributed by atoms with E-state index in [0.29, 0.717) is 23.7 Å². The second-order valence-electron chi connectivity index (χ2n) is 4.77. The van der Waals surface area contributed by atoms with Crippen molar-refractivity contribution in [3.8, 4) is 0 Å². The van der Waals surface area contributed by atoms with E-state index in [4.69, 9.17) is 5.11 Å². The van der Waals surface area contributed by atoms with Gasteiger partial charge in [-0.25, -0.2) is 0 Å². The Morgan fingerprint density at radius 3 is 2.08 bits per heavy atom. The SMILES string of the molecule is CC1CC(C)C(C(=O)O)C(C)C1C. The lowest BCUT2D eigenvalue weighted by Gasteiger charge is -2.40. The van der Waals surface area contributed by atoms with Crippen LogP contribution in [0.2, 0.25) is 0 Å². The number of rotatable bonds is 1. The molecule has 0 aromatic carbocycles. The van der Waals surface area contributed by atoms with E-state index in [2.05, 4.69) is 27.7 Å². The Kier molecular flexibility index (Phi) is 2.99. The highest BCUT2D eigenvalue weighted by Crippen LogP contribution is 2.41. The molecule has 0 aliphatic heterocycles.